The summed E-state index contributed by atoms with van der Waals surface area (Å²) in [6.45, 7) is 4.13. The zero-order valence-electron chi connectivity index (χ0n) is 12.9. The third-order valence-corrected chi connectivity index (χ3v) is 3.72. The SMILES string of the molecule is CC(C)Cn1c(=O)c(C(=O)NC2CC2)c(O)n2ncc(C=O)c12. The van der Waals surface area contributed by atoms with E-state index in [1.807, 2.05) is 13.8 Å². The van der Waals surface area contributed by atoms with E-state index in [1.54, 1.807) is 0 Å². The molecule has 23 heavy (non-hydrogen) atoms. The van der Waals surface area contributed by atoms with Gasteiger partial charge in [-0.05, 0) is 18.8 Å². The summed E-state index contributed by atoms with van der Waals surface area (Å²) in [6.07, 6.45) is 3.57. The second kappa shape index (κ2) is 5.53. The summed E-state index contributed by atoms with van der Waals surface area (Å²) < 4.78 is 2.39. The smallest absolute Gasteiger partial charge is 0.270 e. The van der Waals surface area contributed by atoms with E-state index in [4.69, 9.17) is 0 Å². The highest BCUT2D eigenvalue weighted by atomic mass is 16.3. The van der Waals surface area contributed by atoms with Crippen LogP contribution in [0.4, 0.5) is 0 Å². The van der Waals surface area contributed by atoms with Crippen LogP contribution >= 0.6 is 0 Å². The summed E-state index contributed by atoms with van der Waals surface area (Å²) in [5, 5.41) is 16.9. The highest BCUT2D eigenvalue weighted by Crippen LogP contribution is 2.22. The minimum absolute atomic E-state index is 0.0544. The van der Waals surface area contributed by atoms with E-state index < -0.39 is 17.3 Å². The lowest BCUT2D eigenvalue weighted by Crippen LogP contribution is -2.36. The average Bonchev–Trinajstić information content (AvgIpc) is 3.18. The molecule has 0 radical (unpaired) electrons. The van der Waals surface area contributed by atoms with Gasteiger partial charge in [0.1, 0.15) is 0 Å². The van der Waals surface area contributed by atoms with E-state index in [2.05, 4.69) is 10.4 Å². The highest BCUT2D eigenvalue weighted by Gasteiger charge is 2.29. The molecule has 2 heterocycles. The molecule has 1 amide bonds. The lowest BCUT2D eigenvalue weighted by molar-refractivity contribution is 0.0944. The van der Waals surface area contributed by atoms with Gasteiger partial charge in [-0.25, -0.2) is 0 Å². The average molecular weight is 318 g/mol. The molecule has 2 aromatic heterocycles. The van der Waals surface area contributed by atoms with Crippen molar-refractivity contribution in [3.8, 4) is 5.88 Å². The van der Waals surface area contributed by atoms with Gasteiger partial charge in [0, 0.05) is 12.6 Å². The normalized spacial score (nSPS) is 14.4. The second-order valence-corrected chi connectivity index (χ2v) is 6.21. The fourth-order valence-electron chi connectivity index (χ4n) is 2.51. The number of nitrogens with zero attached hydrogens (tertiary/aromatic N) is 3. The molecular weight excluding hydrogens is 300 g/mol. The van der Waals surface area contributed by atoms with Crippen molar-refractivity contribution >= 4 is 17.8 Å². The van der Waals surface area contributed by atoms with Crippen LogP contribution < -0.4 is 10.9 Å². The Morgan fingerprint density at radius 2 is 2.22 bits per heavy atom. The first kappa shape index (κ1) is 15.3. The standard InChI is InChI=1S/C15H18N4O4/c1-8(2)6-18-13-9(7-20)5-16-19(13)15(23)11(14(18)22)12(21)17-10-3-4-10/h5,7-8,10,23H,3-4,6H2,1-2H3,(H,17,21). The lowest BCUT2D eigenvalue weighted by atomic mass is 10.2. The number of fused-ring (bicyclic) bond motifs is 1. The van der Waals surface area contributed by atoms with Crippen molar-refractivity contribution in [2.45, 2.75) is 39.3 Å². The molecule has 8 heteroatoms. The fourth-order valence-corrected chi connectivity index (χ4v) is 2.51. The predicted molar refractivity (Wildman–Crippen MR) is 81.8 cm³/mol. The molecule has 2 N–H and O–H groups in total. The van der Waals surface area contributed by atoms with Crippen LogP contribution in [0, 0.1) is 5.92 Å². The number of hydrogen-bond acceptors (Lipinski definition) is 5. The zero-order chi connectivity index (χ0) is 16.7. The molecule has 1 saturated carbocycles. The van der Waals surface area contributed by atoms with E-state index in [9.17, 15) is 19.5 Å². The minimum atomic E-state index is -0.620. The van der Waals surface area contributed by atoms with Gasteiger partial charge in [0.25, 0.3) is 11.5 Å². The van der Waals surface area contributed by atoms with Gasteiger partial charge in [0.15, 0.2) is 17.5 Å². The first-order valence-electron chi connectivity index (χ1n) is 7.53. The monoisotopic (exact) mass is 318 g/mol. The molecule has 1 aliphatic carbocycles. The second-order valence-electron chi connectivity index (χ2n) is 6.21. The van der Waals surface area contributed by atoms with E-state index in [0.29, 0.717) is 12.8 Å². The van der Waals surface area contributed by atoms with E-state index in [1.165, 1.54) is 10.8 Å². The molecule has 8 nitrogen and oxygen atoms in total. The number of rotatable bonds is 5. The third kappa shape index (κ3) is 2.60. The fraction of sp³-hybridized carbons (Fsp3) is 0.467. The van der Waals surface area contributed by atoms with Crippen LogP contribution in [-0.4, -0.2) is 37.5 Å². The Hall–Kier alpha value is -2.64. The molecule has 1 fully saturated rings. The maximum Gasteiger partial charge on any atom is 0.270 e. The Balaban J connectivity index is 2.26. The summed E-state index contributed by atoms with van der Waals surface area (Å²) >= 11 is 0. The van der Waals surface area contributed by atoms with Crippen LogP contribution in [0.2, 0.25) is 0 Å². The summed E-state index contributed by atoms with van der Waals surface area (Å²) in [6, 6.07) is 0.0544. The third-order valence-electron chi connectivity index (χ3n) is 3.72. The van der Waals surface area contributed by atoms with Crippen molar-refractivity contribution < 1.29 is 14.7 Å². The quantitative estimate of drug-likeness (QED) is 0.784. The topological polar surface area (TPSA) is 106 Å². The first-order chi connectivity index (χ1) is 10.9. The molecule has 0 aliphatic heterocycles. The van der Waals surface area contributed by atoms with Crippen LogP contribution in [0.25, 0.3) is 5.65 Å². The Morgan fingerprint density at radius 1 is 1.52 bits per heavy atom. The summed E-state index contributed by atoms with van der Waals surface area (Å²) in [7, 11) is 0. The number of aromatic hydroxyl groups is 1. The van der Waals surface area contributed by atoms with Gasteiger partial charge in [-0.15, -0.1) is 0 Å². The largest absolute Gasteiger partial charge is 0.492 e. The van der Waals surface area contributed by atoms with Crippen LogP contribution in [0.1, 0.15) is 47.4 Å². The van der Waals surface area contributed by atoms with Crippen molar-refractivity contribution in [2.24, 2.45) is 5.92 Å². The van der Waals surface area contributed by atoms with Crippen molar-refractivity contribution in [1.29, 1.82) is 0 Å². The van der Waals surface area contributed by atoms with Crippen molar-refractivity contribution in [1.82, 2.24) is 19.5 Å². The summed E-state index contributed by atoms with van der Waals surface area (Å²) in [5.41, 5.74) is -0.581. The van der Waals surface area contributed by atoms with Gasteiger partial charge >= 0.3 is 0 Å². The van der Waals surface area contributed by atoms with Gasteiger partial charge in [-0.2, -0.15) is 9.61 Å². The number of aldehydes is 1. The van der Waals surface area contributed by atoms with Crippen molar-refractivity contribution in [3.63, 3.8) is 0 Å². The predicted octanol–water partition coefficient (Wildman–Crippen LogP) is 0.562. The maximum absolute atomic E-state index is 12.7. The molecule has 3 rings (SSSR count). The number of carbonyl (C=O) groups excluding carboxylic acids is 2. The molecule has 1 aliphatic rings. The molecule has 0 bridgehead atoms. The number of amides is 1. The maximum atomic E-state index is 12.7. The van der Waals surface area contributed by atoms with E-state index in [0.717, 1.165) is 17.4 Å². The van der Waals surface area contributed by atoms with Gasteiger partial charge < -0.3 is 10.4 Å². The molecule has 0 unspecified atom stereocenters. The van der Waals surface area contributed by atoms with Crippen molar-refractivity contribution in [2.75, 3.05) is 0 Å². The lowest BCUT2D eigenvalue weighted by Gasteiger charge is -2.15. The van der Waals surface area contributed by atoms with Gasteiger partial charge in [-0.3, -0.25) is 19.0 Å². The molecule has 0 aromatic carbocycles. The Bertz CT molecular complexity index is 845. The van der Waals surface area contributed by atoms with Gasteiger partial charge in [-0.1, -0.05) is 13.8 Å². The Labute approximate surface area is 131 Å². The first-order valence-corrected chi connectivity index (χ1v) is 7.53. The molecule has 2 aromatic rings. The number of carbonyl (C=O) groups is 2. The molecular formula is C15H18N4O4. The van der Waals surface area contributed by atoms with Crippen molar-refractivity contribution in [3.05, 3.63) is 27.7 Å². The van der Waals surface area contributed by atoms with Gasteiger partial charge in [0.05, 0.1) is 11.8 Å². The molecule has 0 atom stereocenters. The Morgan fingerprint density at radius 3 is 2.78 bits per heavy atom. The van der Waals surface area contributed by atoms with Crippen LogP contribution in [0.5, 0.6) is 5.88 Å². The van der Waals surface area contributed by atoms with Crippen LogP contribution in [-0.2, 0) is 6.54 Å². The van der Waals surface area contributed by atoms with Gasteiger partial charge in [0.2, 0.25) is 5.88 Å². The van der Waals surface area contributed by atoms with E-state index in [-0.39, 0.29) is 28.7 Å². The van der Waals surface area contributed by atoms with E-state index >= 15 is 0 Å². The summed E-state index contributed by atoms with van der Waals surface area (Å²) in [5.74, 6) is -1.05. The Kier molecular flexibility index (Phi) is 3.67. The minimum Gasteiger partial charge on any atom is -0.492 e. The molecule has 0 saturated heterocycles. The highest BCUT2D eigenvalue weighted by molar-refractivity contribution is 5.97. The number of hydrogen-bond donors (Lipinski definition) is 2. The molecule has 0 spiro atoms. The summed E-state index contributed by atoms with van der Waals surface area (Å²) in [4.78, 5) is 36.2. The zero-order valence-corrected chi connectivity index (χ0v) is 12.9. The number of aromatic nitrogens is 3. The number of nitrogens with one attached hydrogen (secondary N) is 1. The van der Waals surface area contributed by atoms with Crippen LogP contribution in [0.15, 0.2) is 11.0 Å². The van der Waals surface area contributed by atoms with Crippen LogP contribution in [0.3, 0.4) is 0 Å². The molecule has 122 valence electrons.